The summed E-state index contributed by atoms with van der Waals surface area (Å²) in [6, 6.07) is 13.9. The second-order valence-corrected chi connectivity index (χ2v) is 4.33. The van der Waals surface area contributed by atoms with Crippen LogP contribution >= 0.6 is 0 Å². The number of benzene rings is 2. The molecule has 0 aliphatic rings. The number of rotatable bonds is 2. The number of nitrogens with one attached hydrogen (secondary N) is 1. The van der Waals surface area contributed by atoms with Crippen LogP contribution < -0.4 is 5.32 Å². The van der Waals surface area contributed by atoms with Gasteiger partial charge in [0.25, 0.3) is 0 Å². The van der Waals surface area contributed by atoms with Crippen LogP contribution in [-0.4, -0.2) is 4.98 Å². The summed E-state index contributed by atoms with van der Waals surface area (Å²) in [6.45, 7) is 0. The standard InChI is InChI=1S/C16H10FN3/c17-14-8-11(9-18)4-5-16(14)20-15-3-1-2-12-6-7-19-10-13(12)15/h1-8,10,20H. The first-order valence-electron chi connectivity index (χ1n) is 6.07. The third kappa shape index (κ3) is 2.17. The average molecular weight is 263 g/mol. The Morgan fingerprint density at radius 1 is 1.10 bits per heavy atom. The first kappa shape index (κ1) is 12.1. The Balaban J connectivity index is 2.04. The molecule has 4 heteroatoms. The molecule has 20 heavy (non-hydrogen) atoms. The Labute approximate surface area is 115 Å². The fourth-order valence-electron chi connectivity index (χ4n) is 2.05. The molecule has 0 aliphatic heterocycles. The van der Waals surface area contributed by atoms with Gasteiger partial charge in [0.05, 0.1) is 17.3 Å². The van der Waals surface area contributed by atoms with Crippen LogP contribution in [0.2, 0.25) is 0 Å². The van der Waals surface area contributed by atoms with E-state index in [9.17, 15) is 4.39 Å². The van der Waals surface area contributed by atoms with Crippen molar-refractivity contribution in [3.8, 4) is 6.07 Å². The fraction of sp³-hybridized carbons (Fsp3) is 0. The molecule has 0 bridgehead atoms. The van der Waals surface area contributed by atoms with Crippen molar-refractivity contribution in [2.24, 2.45) is 0 Å². The van der Waals surface area contributed by atoms with Crippen molar-refractivity contribution in [3.05, 3.63) is 66.2 Å². The minimum Gasteiger partial charge on any atom is -0.353 e. The maximum absolute atomic E-state index is 13.9. The molecule has 0 unspecified atom stereocenters. The summed E-state index contributed by atoms with van der Waals surface area (Å²) in [5.41, 5.74) is 1.41. The van der Waals surface area contributed by atoms with Crippen molar-refractivity contribution >= 4 is 22.1 Å². The Morgan fingerprint density at radius 3 is 2.80 bits per heavy atom. The maximum atomic E-state index is 13.9. The Kier molecular flexibility index (Phi) is 3.02. The van der Waals surface area contributed by atoms with Gasteiger partial charge in [-0.25, -0.2) is 4.39 Å². The molecule has 2 aromatic carbocycles. The predicted molar refractivity (Wildman–Crippen MR) is 76.1 cm³/mol. The van der Waals surface area contributed by atoms with Gasteiger partial charge < -0.3 is 5.32 Å². The highest BCUT2D eigenvalue weighted by Crippen LogP contribution is 2.27. The van der Waals surface area contributed by atoms with Crippen molar-refractivity contribution in [2.45, 2.75) is 0 Å². The van der Waals surface area contributed by atoms with Crippen LogP contribution in [-0.2, 0) is 0 Å². The number of nitrogens with zero attached hydrogens (tertiary/aromatic N) is 2. The number of pyridine rings is 1. The lowest BCUT2D eigenvalue weighted by Crippen LogP contribution is -1.95. The summed E-state index contributed by atoms with van der Waals surface area (Å²) in [5.74, 6) is -0.454. The smallest absolute Gasteiger partial charge is 0.147 e. The van der Waals surface area contributed by atoms with Gasteiger partial charge in [0.2, 0.25) is 0 Å². The fourth-order valence-corrected chi connectivity index (χ4v) is 2.05. The van der Waals surface area contributed by atoms with Gasteiger partial charge in [0, 0.05) is 23.5 Å². The van der Waals surface area contributed by atoms with E-state index in [2.05, 4.69) is 10.3 Å². The lowest BCUT2D eigenvalue weighted by Gasteiger charge is -2.10. The molecule has 3 aromatic rings. The predicted octanol–water partition coefficient (Wildman–Crippen LogP) is 3.99. The van der Waals surface area contributed by atoms with E-state index in [1.807, 2.05) is 30.3 Å². The molecule has 96 valence electrons. The van der Waals surface area contributed by atoms with Crippen molar-refractivity contribution in [3.63, 3.8) is 0 Å². The van der Waals surface area contributed by atoms with Crippen LogP contribution in [0.1, 0.15) is 5.56 Å². The topological polar surface area (TPSA) is 48.7 Å². The van der Waals surface area contributed by atoms with E-state index in [1.165, 1.54) is 6.07 Å². The number of anilines is 2. The van der Waals surface area contributed by atoms with E-state index in [0.29, 0.717) is 11.3 Å². The SMILES string of the molecule is N#Cc1ccc(Nc2cccc3ccncc23)c(F)c1. The lowest BCUT2D eigenvalue weighted by molar-refractivity contribution is 0.631. The van der Waals surface area contributed by atoms with Crippen molar-refractivity contribution in [1.29, 1.82) is 5.26 Å². The van der Waals surface area contributed by atoms with Gasteiger partial charge >= 0.3 is 0 Å². The molecule has 1 N–H and O–H groups in total. The maximum Gasteiger partial charge on any atom is 0.147 e. The number of nitriles is 1. The molecule has 0 amide bonds. The monoisotopic (exact) mass is 263 g/mol. The molecule has 0 saturated heterocycles. The Bertz CT molecular complexity index is 816. The van der Waals surface area contributed by atoms with E-state index in [4.69, 9.17) is 5.26 Å². The van der Waals surface area contributed by atoms with Crippen molar-refractivity contribution in [1.82, 2.24) is 4.98 Å². The van der Waals surface area contributed by atoms with Gasteiger partial charge in [0.15, 0.2) is 0 Å². The zero-order valence-corrected chi connectivity index (χ0v) is 10.5. The number of hydrogen-bond donors (Lipinski definition) is 1. The second kappa shape index (κ2) is 4.98. The molecule has 0 spiro atoms. The molecule has 3 nitrogen and oxygen atoms in total. The first-order chi connectivity index (χ1) is 9.78. The second-order valence-electron chi connectivity index (χ2n) is 4.33. The van der Waals surface area contributed by atoms with Crippen LogP contribution in [0.4, 0.5) is 15.8 Å². The number of hydrogen-bond acceptors (Lipinski definition) is 3. The van der Waals surface area contributed by atoms with Crippen LogP contribution in [0.25, 0.3) is 10.8 Å². The van der Waals surface area contributed by atoms with E-state index >= 15 is 0 Å². The van der Waals surface area contributed by atoms with Gasteiger partial charge in [-0.3, -0.25) is 4.98 Å². The Hall–Kier alpha value is -2.93. The van der Waals surface area contributed by atoms with E-state index < -0.39 is 5.82 Å². The Morgan fingerprint density at radius 2 is 2.00 bits per heavy atom. The van der Waals surface area contributed by atoms with Crippen LogP contribution in [0.3, 0.4) is 0 Å². The van der Waals surface area contributed by atoms with Crippen LogP contribution in [0.15, 0.2) is 54.9 Å². The first-order valence-corrected chi connectivity index (χ1v) is 6.07. The third-order valence-electron chi connectivity index (χ3n) is 3.05. The summed E-state index contributed by atoms with van der Waals surface area (Å²) in [7, 11) is 0. The number of fused-ring (bicyclic) bond motifs is 1. The average Bonchev–Trinajstić information content (AvgIpc) is 2.49. The summed E-state index contributed by atoms with van der Waals surface area (Å²) >= 11 is 0. The zero-order valence-electron chi connectivity index (χ0n) is 10.5. The number of aromatic nitrogens is 1. The molecule has 0 aliphatic carbocycles. The molecule has 3 rings (SSSR count). The molecule has 0 fully saturated rings. The summed E-state index contributed by atoms with van der Waals surface area (Å²) < 4.78 is 13.9. The number of halogens is 1. The highest BCUT2D eigenvalue weighted by atomic mass is 19.1. The van der Waals surface area contributed by atoms with E-state index in [0.717, 1.165) is 16.5 Å². The van der Waals surface area contributed by atoms with E-state index in [-0.39, 0.29) is 0 Å². The van der Waals surface area contributed by atoms with Gasteiger partial charge in [-0.2, -0.15) is 5.26 Å². The molecule has 0 radical (unpaired) electrons. The zero-order chi connectivity index (χ0) is 13.9. The van der Waals surface area contributed by atoms with E-state index in [1.54, 1.807) is 24.5 Å². The van der Waals surface area contributed by atoms with Gasteiger partial charge in [0.1, 0.15) is 5.82 Å². The van der Waals surface area contributed by atoms with Gasteiger partial charge in [-0.15, -0.1) is 0 Å². The highest BCUT2D eigenvalue weighted by Gasteiger charge is 2.06. The quantitative estimate of drug-likeness (QED) is 0.760. The molecule has 1 aromatic heterocycles. The summed E-state index contributed by atoms with van der Waals surface area (Å²) in [5, 5.41) is 13.7. The summed E-state index contributed by atoms with van der Waals surface area (Å²) in [6.07, 6.45) is 3.45. The largest absolute Gasteiger partial charge is 0.353 e. The highest BCUT2D eigenvalue weighted by molar-refractivity contribution is 5.94. The normalized spacial score (nSPS) is 10.2. The minimum absolute atomic E-state index is 0.299. The van der Waals surface area contributed by atoms with Crippen LogP contribution in [0.5, 0.6) is 0 Å². The molecular formula is C16H10FN3. The molecule has 0 saturated carbocycles. The van der Waals surface area contributed by atoms with Crippen LogP contribution in [0, 0.1) is 17.1 Å². The lowest BCUT2D eigenvalue weighted by atomic mass is 10.1. The third-order valence-corrected chi connectivity index (χ3v) is 3.05. The molecule has 1 heterocycles. The van der Waals surface area contributed by atoms with Crippen molar-refractivity contribution < 1.29 is 4.39 Å². The van der Waals surface area contributed by atoms with Gasteiger partial charge in [-0.05, 0) is 35.7 Å². The van der Waals surface area contributed by atoms with Crippen molar-refractivity contribution in [2.75, 3.05) is 5.32 Å². The van der Waals surface area contributed by atoms with Gasteiger partial charge in [-0.1, -0.05) is 12.1 Å². The summed E-state index contributed by atoms with van der Waals surface area (Å²) in [4.78, 5) is 4.09. The molecular weight excluding hydrogens is 253 g/mol. The minimum atomic E-state index is -0.454. The molecule has 0 atom stereocenters.